The van der Waals surface area contributed by atoms with Crippen molar-refractivity contribution in [3.8, 4) is 5.69 Å². The Balaban J connectivity index is 1.90. The second kappa shape index (κ2) is 6.67. The molecule has 0 aliphatic heterocycles. The highest BCUT2D eigenvalue weighted by Gasteiger charge is 2.25. The number of hydrogen-bond donors (Lipinski definition) is 0. The summed E-state index contributed by atoms with van der Waals surface area (Å²) in [7, 11) is 0. The van der Waals surface area contributed by atoms with Crippen LogP contribution in [0.15, 0.2) is 48.5 Å². The summed E-state index contributed by atoms with van der Waals surface area (Å²) in [6.45, 7) is 5.49. The normalized spacial score (nSPS) is 13.4. The maximum Gasteiger partial charge on any atom is 0.338 e. The summed E-state index contributed by atoms with van der Waals surface area (Å²) < 4.78 is 7.52. The molecule has 31 heavy (non-hydrogen) atoms. The largest absolute Gasteiger partial charge is 0.456 e. The highest BCUT2D eigenvalue weighted by molar-refractivity contribution is 6.14. The molecular formula is C25H22N2O4. The van der Waals surface area contributed by atoms with Gasteiger partial charge in [0.25, 0.3) is 5.69 Å². The Morgan fingerprint density at radius 3 is 2.61 bits per heavy atom. The van der Waals surface area contributed by atoms with E-state index in [4.69, 9.17) is 4.74 Å². The number of benzene rings is 3. The van der Waals surface area contributed by atoms with E-state index < -0.39 is 11.6 Å². The van der Waals surface area contributed by atoms with Gasteiger partial charge in [0.2, 0.25) is 0 Å². The van der Waals surface area contributed by atoms with Gasteiger partial charge in [-0.1, -0.05) is 30.3 Å². The van der Waals surface area contributed by atoms with Gasteiger partial charge in [0, 0.05) is 16.8 Å². The molecule has 0 saturated carbocycles. The predicted molar refractivity (Wildman–Crippen MR) is 121 cm³/mol. The fourth-order valence-electron chi connectivity index (χ4n) is 4.49. The van der Waals surface area contributed by atoms with E-state index in [0.717, 1.165) is 39.9 Å². The van der Waals surface area contributed by atoms with Crippen LogP contribution in [-0.4, -0.2) is 21.1 Å². The SMILES string of the molecule is CC(C)(C)OC(=O)c1cc2ccc3c4c(n(-c5ccccc5[N+](=O)[O-])c(c1)c24)=CCC3. The first kappa shape index (κ1) is 19.3. The Labute approximate surface area is 178 Å². The highest BCUT2D eigenvalue weighted by Crippen LogP contribution is 2.35. The van der Waals surface area contributed by atoms with Crippen LogP contribution in [0.3, 0.4) is 0 Å². The van der Waals surface area contributed by atoms with E-state index in [2.05, 4.69) is 12.1 Å². The number of esters is 1. The fraction of sp³-hybridized carbons (Fsp3) is 0.240. The number of ether oxygens (including phenoxy) is 1. The van der Waals surface area contributed by atoms with Crippen LogP contribution in [0.25, 0.3) is 33.4 Å². The minimum absolute atomic E-state index is 0.0270. The van der Waals surface area contributed by atoms with E-state index >= 15 is 0 Å². The molecule has 0 radical (unpaired) electrons. The summed E-state index contributed by atoms with van der Waals surface area (Å²) in [5.74, 6) is -0.411. The highest BCUT2D eigenvalue weighted by atomic mass is 16.6. The van der Waals surface area contributed by atoms with Gasteiger partial charge >= 0.3 is 5.97 Å². The van der Waals surface area contributed by atoms with Crippen molar-refractivity contribution in [2.75, 3.05) is 0 Å². The zero-order valence-electron chi connectivity index (χ0n) is 17.6. The van der Waals surface area contributed by atoms with Crippen LogP contribution in [0.5, 0.6) is 0 Å². The van der Waals surface area contributed by atoms with Crippen molar-refractivity contribution >= 4 is 39.4 Å². The van der Waals surface area contributed by atoms with E-state index in [1.165, 1.54) is 11.6 Å². The van der Waals surface area contributed by atoms with Crippen LogP contribution in [0.1, 0.15) is 43.1 Å². The van der Waals surface area contributed by atoms with Crippen molar-refractivity contribution in [1.29, 1.82) is 0 Å². The number of nitro groups is 1. The summed E-state index contributed by atoms with van der Waals surface area (Å²) in [6, 6.07) is 14.5. The standard InChI is InChI=1S/C25H22N2O4/c1-25(2,3)31-24(28)17-13-16-12-11-15-7-6-10-20-22(15)23(16)21(14-17)26(20)18-8-4-5-9-19(18)27(29)30/h4-5,8-14H,6-7H2,1-3H3. The maximum absolute atomic E-state index is 12.9. The van der Waals surface area contributed by atoms with Gasteiger partial charge in [-0.15, -0.1) is 0 Å². The lowest BCUT2D eigenvalue weighted by atomic mass is 9.95. The Bertz CT molecular complexity index is 1440. The van der Waals surface area contributed by atoms with Crippen molar-refractivity contribution in [2.45, 2.75) is 39.2 Å². The van der Waals surface area contributed by atoms with Crippen LogP contribution >= 0.6 is 0 Å². The van der Waals surface area contributed by atoms with E-state index in [9.17, 15) is 14.9 Å². The molecule has 4 aromatic rings. The molecule has 0 atom stereocenters. The van der Waals surface area contributed by atoms with Crippen LogP contribution in [0.4, 0.5) is 5.69 Å². The third kappa shape index (κ3) is 3.06. The van der Waals surface area contributed by atoms with Crippen LogP contribution < -0.4 is 5.35 Å². The van der Waals surface area contributed by atoms with Gasteiger partial charge in [0.1, 0.15) is 11.3 Å². The summed E-state index contributed by atoms with van der Waals surface area (Å²) >= 11 is 0. The predicted octanol–water partition coefficient (Wildman–Crippen LogP) is 5.09. The monoisotopic (exact) mass is 414 g/mol. The second-order valence-corrected chi connectivity index (χ2v) is 8.90. The lowest BCUT2D eigenvalue weighted by Crippen LogP contribution is -2.24. The van der Waals surface area contributed by atoms with Crippen molar-refractivity contribution in [3.05, 3.63) is 75.1 Å². The van der Waals surface area contributed by atoms with Gasteiger partial charge in [-0.05, 0) is 62.8 Å². The molecule has 0 spiro atoms. The summed E-state index contributed by atoms with van der Waals surface area (Å²) in [5, 5.41) is 15.8. The molecule has 0 saturated heterocycles. The minimum atomic E-state index is -0.618. The number of carbonyl (C=O) groups excluding carboxylic acids is 1. The maximum atomic E-state index is 12.9. The zero-order chi connectivity index (χ0) is 21.9. The van der Waals surface area contributed by atoms with Gasteiger partial charge in [0.05, 0.1) is 21.4 Å². The lowest BCUT2D eigenvalue weighted by molar-refractivity contribution is -0.384. The topological polar surface area (TPSA) is 74.4 Å². The number of rotatable bonds is 3. The molecule has 156 valence electrons. The molecule has 1 aliphatic carbocycles. The zero-order valence-corrected chi connectivity index (χ0v) is 17.6. The molecule has 1 aromatic heterocycles. The number of aromatic nitrogens is 1. The molecule has 6 heteroatoms. The summed E-state index contributed by atoms with van der Waals surface area (Å²) in [4.78, 5) is 24.3. The fourth-order valence-corrected chi connectivity index (χ4v) is 4.49. The molecule has 5 rings (SSSR count). The average molecular weight is 414 g/mol. The van der Waals surface area contributed by atoms with Crippen molar-refractivity contribution in [1.82, 2.24) is 4.57 Å². The quantitative estimate of drug-likeness (QED) is 0.266. The van der Waals surface area contributed by atoms with Crippen molar-refractivity contribution in [3.63, 3.8) is 0 Å². The number of hydrogen-bond acceptors (Lipinski definition) is 4. The van der Waals surface area contributed by atoms with Crippen molar-refractivity contribution in [2.24, 2.45) is 0 Å². The third-order valence-corrected chi connectivity index (χ3v) is 5.63. The first-order valence-corrected chi connectivity index (χ1v) is 10.3. The Hall–Kier alpha value is -3.67. The first-order chi connectivity index (χ1) is 14.7. The minimum Gasteiger partial charge on any atom is -0.456 e. The van der Waals surface area contributed by atoms with Crippen LogP contribution in [0, 0.1) is 10.1 Å². The lowest BCUT2D eigenvalue weighted by Gasteiger charge is -2.19. The molecule has 0 amide bonds. The second-order valence-electron chi connectivity index (χ2n) is 8.90. The van der Waals surface area contributed by atoms with Crippen LogP contribution in [0.2, 0.25) is 0 Å². The molecule has 0 unspecified atom stereocenters. The molecule has 0 bridgehead atoms. The number of nitro benzene ring substituents is 1. The van der Waals surface area contributed by atoms with Gasteiger partial charge in [-0.25, -0.2) is 4.79 Å². The number of para-hydroxylation sites is 2. The molecule has 1 aliphatic rings. The van der Waals surface area contributed by atoms with E-state index in [0.29, 0.717) is 11.3 Å². The van der Waals surface area contributed by atoms with Gasteiger partial charge < -0.3 is 9.30 Å². The smallest absolute Gasteiger partial charge is 0.338 e. The van der Waals surface area contributed by atoms with Crippen molar-refractivity contribution < 1.29 is 14.5 Å². The summed E-state index contributed by atoms with van der Waals surface area (Å²) in [6.07, 6.45) is 3.91. The van der Waals surface area contributed by atoms with E-state index in [-0.39, 0.29) is 10.6 Å². The number of aryl methyl sites for hydroxylation is 1. The molecule has 0 N–H and O–H groups in total. The molecular weight excluding hydrogens is 392 g/mol. The van der Waals surface area contributed by atoms with Gasteiger partial charge in [-0.2, -0.15) is 0 Å². The Morgan fingerprint density at radius 2 is 1.87 bits per heavy atom. The molecule has 1 heterocycles. The molecule has 6 nitrogen and oxygen atoms in total. The van der Waals surface area contributed by atoms with Gasteiger partial charge in [0.15, 0.2) is 0 Å². The van der Waals surface area contributed by atoms with Crippen LogP contribution in [-0.2, 0) is 11.2 Å². The third-order valence-electron chi connectivity index (χ3n) is 5.63. The Kier molecular flexibility index (Phi) is 4.15. The number of carbonyl (C=O) groups is 1. The number of nitrogens with zero attached hydrogens (tertiary/aromatic N) is 2. The first-order valence-electron chi connectivity index (χ1n) is 10.3. The average Bonchev–Trinajstić information content (AvgIpc) is 3.06. The molecule has 3 aromatic carbocycles. The van der Waals surface area contributed by atoms with E-state index in [1.807, 2.05) is 37.5 Å². The summed E-state index contributed by atoms with van der Waals surface area (Å²) in [5.41, 5.74) is 2.33. The van der Waals surface area contributed by atoms with E-state index in [1.54, 1.807) is 24.3 Å². The Morgan fingerprint density at radius 1 is 1.10 bits per heavy atom. The van der Waals surface area contributed by atoms with Gasteiger partial charge in [-0.3, -0.25) is 10.1 Å². The molecule has 0 fully saturated rings.